The average molecular weight is 584 g/mol. The van der Waals surface area contributed by atoms with Crippen molar-refractivity contribution < 1.29 is 18.0 Å². The van der Waals surface area contributed by atoms with Gasteiger partial charge in [-0.1, -0.05) is 90.5 Å². The predicted molar refractivity (Wildman–Crippen MR) is 167 cm³/mol. The van der Waals surface area contributed by atoms with Gasteiger partial charge in [-0.3, -0.25) is 13.9 Å². The second-order valence-electron chi connectivity index (χ2n) is 10.4. The molecule has 0 unspecified atom stereocenters. The minimum Gasteiger partial charge on any atom is -0.357 e. The van der Waals surface area contributed by atoms with Crippen LogP contribution in [0.15, 0.2) is 108 Å². The van der Waals surface area contributed by atoms with Gasteiger partial charge in [-0.05, 0) is 61.2 Å². The minimum absolute atomic E-state index is 0.0797. The van der Waals surface area contributed by atoms with Crippen molar-refractivity contribution in [2.75, 3.05) is 17.9 Å². The van der Waals surface area contributed by atoms with Gasteiger partial charge < -0.3 is 10.2 Å². The molecule has 0 spiro atoms. The van der Waals surface area contributed by atoms with Gasteiger partial charge in [0, 0.05) is 20.0 Å². The summed E-state index contributed by atoms with van der Waals surface area (Å²) in [7, 11) is -2.59. The number of nitrogens with zero attached hydrogens (tertiary/aromatic N) is 2. The molecule has 0 saturated heterocycles. The Morgan fingerprint density at radius 3 is 2.05 bits per heavy atom. The van der Waals surface area contributed by atoms with Crippen LogP contribution in [-0.2, 0) is 32.6 Å². The van der Waals surface area contributed by atoms with Gasteiger partial charge in [-0.2, -0.15) is 0 Å². The second-order valence-corrected chi connectivity index (χ2v) is 12.2. The maximum absolute atomic E-state index is 14.4. The van der Waals surface area contributed by atoms with Crippen molar-refractivity contribution in [2.45, 2.75) is 44.7 Å². The molecule has 0 heterocycles. The van der Waals surface area contributed by atoms with E-state index in [0.717, 1.165) is 27.8 Å². The number of hydrogen-bond donors (Lipinski definition) is 1. The van der Waals surface area contributed by atoms with E-state index in [9.17, 15) is 18.0 Å². The number of aryl methyl sites for hydroxylation is 2. The van der Waals surface area contributed by atoms with E-state index in [1.54, 1.807) is 30.3 Å². The van der Waals surface area contributed by atoms with Crippen molar-refractivity contribution in [3.05, 3.63) is 131 Å². The Morgan fingerprint density at radius 2 is 1.40 bits per heavy atom. The molecular formula is C34H37N3O4S. The van der Waals surface area contributed by atoms with E-state index in [0.29, 0.717) is 5.69 Å². The van der Waals surface area contributed by atoms with Gasteiger partial charge in [-0.25, -0.2) is 8.42 Å². The van der Waals surface area contributed by atoms with Crippen molar-refractivity contribution in [3.63, 3.8) is 0 Å². The Kier molecular flexibility index (Phi) is 9.80. The normalized spacial score (nSPS) is 11.9. The number of carbonyl (C=O) groups excluding carboxylic acids is 2. The van der Waals surface area contributed by atoms with Gasteiger partial charge in [0.2, 0.25) is 11.8 Å². The molecule has 0 radical (unpaired) electrons. The van der Waals surface area contributed by atoms with Crippen LogP contribution in [0, 0.1) is 20.8 Å². The first-order valence-corrected chi connectivity index (χ1v) is 15.3. The summed E-state index contributed by atoms with van der Waals surface area (Å²) in [6.45, 7) is 5.37. The summed E-state index contributed by atoms with van der Waals surface area (Å²) in [5.41, 5.74) is 4.82. The molecule has 42 heavy (non-hydrogen) atoms. The minimum atomic E-state index is -4.13. The summed E-state index contributed by atoms with van der Waals surface area (Å²) in [5, 5.41) is 2.71. The zero-order valence-electron chi connectivity index (χ0n) is 24.4. The summed E-state index contributed by atoms with van der Waals surface area (Å²) in [6.07, 6.45) is 0.271. The van der Waals surface area contributed by atoms with Gasteiger partial charge in [0.15, 0.2) is 0 Å². The summed E-state index contributed by atoms with van der Waals surface area (Å²) in [4.78, 5) is 29.3. The number of hydrogen-bond acceptors (Lipinski definition) is 4. The number of rotatable bonds is 11. The molecule has 7 nitrogen and oxygen atoms in total. The van der Waals surface area contributed by atoms with Crippen LogP contribution in [0.25, 0.3) is 0 Å². The zero-order valence-corrected chi connectivity index (χ0v) is 25.3. The Labute approximate surface area is 248 Å². The lowest BCUT2D eigenvalue weighted by Crippen LogP contribution is -2.53. The first kappa shape index (κ1) is 30.5. The van der Waals surface area contributed by atoms with Crippen LogP contribution in [0.1, 0.15) is 27.8 Å². The first-order chi connectivity index (χ1) is 20.1. The number of benzene rings is 4. The van der Waals surface area contributed by atoms with Crippen LogP contribution in [0.3, 0.4) is 0 Å². The SMILES string of the molecule is CNC(=O)[C@@H](Cc1ccccc1)N(Cc1cccc(C)c1)C(=O)CN(c1cccc(C)c1C)S(=O)(=O)c1ccccc1. The maximum atomic E-state index is 14.4. The van der Waals surface area contributed by atoms with E-state index in [1.807, 2.05) is 81.4 Å². The molecule has 0 aromatic heterocycles. The Morgan fingerprint density at radius 1 is 0.786 bits per heavy atom. The third-order valence-electron chi connectivity index (χ3n) is 7.41. The molecule has 2 amide bonds. The molecular weight excluding hydrogens is 546 g/mol. The molecule has 0 bridgehead atoms. The van der Waals surface area contributed by atoms with E-state index in [4.69, 9.17) is 0 Å². The molecule has 0 fully saturated rings. The Bertz CT molecular complexity index is 1640. The zero-order chi connectivity index (χ0) is 30.3. The van der Waals surface area contributed by atoms with E-state index in [1.165, 1.54) is 28.4 Å². The predicted octanol–water partition coefficient (Wildman–Crippen LogP) is 5.19. The highest BCUT2D eigenvalue weighted by atomic mass is 32.2. The molecule has 4 aromatic rings. The second kappa shape index (κ2) is 13.5. The lowest BCUT2D eigenvalue weighted by molar-refractivity contribution is -0.139. The van der Waals surface area contributed by atoms with Crippen LogP contribution < -0.4 is 9.62 Å². The van der Waals surface area contributed by atoms with Gasteiger partial charge >= 0.3 is 0 Å². The molecule has 4 rings (SSSR count). The molecule has 1 N–H and O–H groups in total. The van der Waals surface area contributed by atoms with Crippen LogP contribution >= 0.6 is 0 Å². The number of amides is 2. The number of likely N-dealkylation sites (N-methyl/N-ethyl adjacent to an activating group) is 1. The smallest absolute Gasteiger partial charge is 0.264 e. The summed E-state index contributed by atoms with van der Waals surface area (Å²) in [6, 6.07) is 29.8. The Balaban J connectivity index is 1.81. The summed E-state index contributed by atoms with van der Waals surface area (Å²) >= 11 is 0. The average Bonchev–Trinajstić information content (AvgIpc) is 2.99. The van der Waals surface area contributed by atoms with Gasteiger partial charge in [-0.15, -0.1) is 0 Å². The first-order valence-electron chi connectivity index (χ1n) is 13.9. The summed E-state index contributed by atoms with van der Waals surface area (Å²) < 4.78 is 29.3. The van der Waals surface area contributed by atoms with E-state index in [2.05, 4.69) is 5.32 Å². The fourth-order valence-electron chi connectivity index (χ4n) is 4.97. The molecule has 1 atom stereocenters. The summed E-state index contributed by atoms with van der Waals surface area (Å²) in [5.74, 6) is -0.814. The molecule has 8 heteroatoms. The highest BCUT2D eigenvalue weighted by Gasteiger charge is 2.34. The molecule has 0 aliphatic carbocycles. The fraction of sp³-hybridized carbons (Fsp3) is 0.235. The number of sulfonamides is 1. The quantitative estimate of drug-likeness (QED) is 0.263. The molecule has 4 aromatic carbocycles. The van der Waals surface area contributed by atoms with Crippen molar-refractivity contribution in [1.29, 1.82) is 0 Å². The monoisotopic (exact) mass is 583 g/mol. The van der Waals surface area contributed by atoms with Gasteiger partial charge in [0.25, 0.3) is 10.0 Å². The van der Waals surface area contributed by atoms with Crippen molar-refractivity contribution in [2.24, 2.45) is 0 Å². The maximum Gasteiger partial charge on any atom is 0.264 e. The van der Waals surface area contributed by atoms with Crippen molar-refractivity contribution in [3.8, 4) is 0 Å². The molecule has 218 valence electrons. The van der Waals surface area contributed by atoms with Crippen LogP contribution in [-0.4, -0.2) is 44.8 Å². The number of carbonyl (C=O) groups is 2. The van der Waals surface area contributed by atoms with Gasteiger partial charge in [0.05, 0.1) is 10.6 Å². The highest BCUT2D eigenvalue weighted by Crippen LogP contribution is 2.29. The lowest BCUT2D eigenvalue weighted by atomic mass is 10.0. The highest BCUT2D eigenvalue weighted by molar-refractivity contribution is 7.92. The standard InChI is InChI=1S/C34H37N3O4S/c1-25-13-11-17-29(21-25)23-36(32(34(39)35-4)22-28-15-7-5-8-16-28)33(38)24-37(31-20-12-14-26(2)27(31)3)42(40,41)30-18-9-6-10-19-30/h5-21,32H,22-24H2,1-4H3,(H,35,39)/t32-/m1/s1. The Hall–Kier alpha value is -4.43. The van der Waals surface area contributed by atoms with Gasteiger partial charge in [0.1, 0.15) is 12.6 Å². The third-order valence-corrected chi connectivity index (χ3v) is 9.18. The topological polar surface area (TPSA) is 86.8 Å². The van der Waals surface area contributed by atoms with Crippen molar-refractivity contribution in [1.82, 2.24) is 10.2 Å². The lowest BCUT2D eigenvalue weighted by Gasteiger charge is -2.34. The van der Waals surface area contributed by atoms with Crippen LogP contribution in [0.5, 0.6) is 0 Å². The number of nitrogens with one attached hydrogen (secondary N) is 1. The number of anilines is 1. The van der Waals surface area contributed by atoms with E-state index >= 15 is 0 Å². The van der Waals surface area contributed by atoms with Crippen molar-refractivity contribution >= 4 is 27.5 Å². The van der Waals surface area contributed by atoms with E-state index in [-0.39, 0.29) is 23.8 Å². The largest absolute Gasteiger partial charge is 0.357 e. The molecule has 0 saturated carbocycles. The third kappa shape index (κ3) is 7.06. The fourth-order valence-corrected chi connectivity index (χ4v) is 6.46. The van der Waals surface area contributed by atoms with Crippen LogP contribution in [0.2, 0.25) is 0 Å². The van der Waals surface area contributed by atoms with Crippen LogP contribution in [0.4, 0.5) is 5.69 Å². The molecule has 0 aliphatic rings. The molecule has 0 aliphatic heterocycles. The van der Waals surface area contributed by atoms with E-state index < -0.39 is 28.5 Å².